The second-order valence-electron chi connectivity index (χ2n) is 29.4. The van der Waals surface area contributed by atoms with Gasteiger partial charge >= 0.3 is 155 Å². The van der Waals surface area contributed by atoms with E-state index in [1.165, 1.54) is 21.5 Å². The van der Waals surface area contributed by atoms with Gasteiger partial charge in [-0.05, 0) is 141 Å². The van der Waals surface area contributed by atoms with Crippen LogP contribution in [0, 0.1) is 59.9 Å². The summed E-state index contributed by atoms with van der Waals surface area (Å²) in [5, 5.41) is 45.1. The monoisotopic (exact) mass is 2030 g/mol. The van der Waals surface area contributed by atoms with E-state index in [0.717, 1.165) is 0 Å². The van der Waals surface area contributed by atoms with Crippen LogP contribution in [0.15, 0.2) is 74.4 Å². The SMILES string of the molecule is CC(C)(C)OC(=O)Cn1ccnc1CN(CCCC[C@H](N)C(=O)O)Cc1nccn1CC(=O)OC(C)(C)C.CC(C)(C)OC(=O)Cn1ccnc1CN(CCCC[C@H](N)C(=O)O)Cc1nccn1CC(=O)OC(C)(C)C.N[C@@H](CCCCN(Cc1nccn1CC(=O)O)Cc1nccn1CC(=O)O)C(=O)O.[C-]#[O+].[C-]#[O+].[C-]#[O+].[C-]#[O+].[C-]#[O+].[C-]#[O+].[C-]#[O+].[C-]#[O+].[C-]#[O+].[Tc].[Tc].[Tc]. The van der Waals surface area contributed by atoms with Crippen LogP contribution >= 0.6 is 0 Å². The van der Waals surface area contributed by atoms with E-state index < -0.39 is 70.4 Å². The number of nitrogens with two attached hydrogens (primary N) is 3. The van der Waals surface area contributed by atoms with Crippen LogP contribution < -0.4 is 17.2 Å². The Kier molecular flexibility index (Phi) is 81.8. The molecule has 0 saturated heterocycles. The van der Waals surface area contributed by atoms with Crippen molar-refractivity contribution >= 4 is 53.7 Å². The summed E-state index contributed by atoms with van der Waals surface area (Å²) < 4.78 is 99.3. The third-order valence-electron chi connectivity index (χ3n) is 15.2. The molecular weight excluding hydrogens is 1930 g/mol. The first-order valence-corrected chi connectivity index (χ1v) is 36.8. The first kappa shape index (κ1) is 135. The van der Waals surface area contributed by atoms with Crippen molar-refractivity contribution in [2.75, 3.05) is 19.6 Å². The van der Waals surface area contributed by atoms with Crippen molar-refractivity contribution in [2.45, 2.75) is 260 Å². The van der Waals surface area contributed by atoms with Crippen LogP contribution in [0.1, 0.15) is 176 Å². The fourth-order valence-electron chi connectivity index (χ4n) is 10.5. The Morgan fingerprint density at radius 2 is 0.457 bits per heavy atom. The molecule has 0 fully saturated rings. The standard InChI is InChI=1S/2C26H42N6O6.C18H26N6O6.9CO.3Tc/c2*1-25(2,3)37-22(33)17-31-13-10-28-20(31)15-30(12-8-7-9-19(27)24(35)36)16-21-29-11-14-32(21)18-23(34)38-26(4,5)6;19-13(18(29)30)3-1-2-6-22(9-14-20-4-7-23(14)11-16(25)26)10-15-21-5-8-24(15)12-17(27)28;9*1-2;;;/h2*10-11,13-14,19H,7-9,12,15-18,27H2,1-6H3,(H,35,36);4-5,7-8,13H,1-3,6,9-12,19H2,(H,25,26)(H,27,28)(H,29,30);;;;;;;;;;;;/t2*19-;13-;;;;;;;;;;;;/m000............/s1. The van der Waals surface area contributed by atoms with Gasteiger partial charge in [0.15, 0.2) is 0 Å². The number of hydrogen-bond acceptors (Lipinski definition) is 25. The molecule has 6 heterocycles. The van der Waals surface area contributed by atoms with E-state index in [1.807, 2.05) is 88.0 Å². The van der Waals surface area contributed by atoms with Gasteiger partial charge in [0.05, 0.1) is 39.3 Å². The average molecular weight is 2040 g/mol. The Morgan fingerprint density at radius 1 is 0.307 bits per heavy atom. The molecule has 0 aliphatic heterocycles. The molecule has 127 heavy (non-hydrogen) atoms. The van der Waals surface area contributed by atoms with Crippen LogP contribution in [0.25, 0.3) is 0 Å². The second kappa shape index (κ2) is 77.0. The van der Waals surface area contributed by atoms with E-state index in [4.69, 9.17) is 104 Å². The van der Waals surface area contributed by atoms with E-state index in [9.17, 15) is 43.2 Å². The zero-order valence-electron chi connectivity index (χ0n) is 72.4. The number of nitrogens with zero attached hydrogens (tertiary/aromatic N) is 15. The molecule has 6 aromatic heterocycles. The van der Waals surface area contributed by atoms with Crippen molar-refractivity contribution in [3.05, 3.63) is 169 Å². The van der Waals surface area contributed by atoms with Gasteiger partial charge in [-0.3, -0.25) is 57.9 Å². The molecule has 3 radical (unpaired) electrons. The molecule has 6 rings (SSSR count). The topological polar surface area (TPSA) is 665 Å². The predicted molar refractivity (Wildman–Crippen MR) is 418 cm³/mol. The first-order valence-electron chi connectivity index (χ1n) is 36.8. The molecule has 0 aliphatic carbocycles. The van der Waals surface area contributed by atoms with Gasteiger partial charge in [-0.2, -0.15) is 0 Å². The number of imidazole rings is 6. The van der Waals surface area contributed by atoms with Gasteiger partial charge in [-0.25, -0.2) is 29.9 Å². The van der Waals surface area contributed by atoms with E-state index in [1.54, 1.807) is 80.2 Å². The summed E-state index contributed by atoms with van der Waals surface area (Å²) in [6.07, 6.45) is 24.6. The Hall–Kier alpha value is -10.1. The number of aliphatic carboxylic acids is 5. The number of aromatic nitrogens is 12. The minimum absolute atomic E-state index is 0. The zero-order valence-corrected chi connectivity index (χ0v) is 78.0. The van der Waals surface area contributed by atoms with E-state index in [-0.39, 0.29) is 123 Å². The largest absolute Gasteiger partial charge is 0 e. The maximum absolute atomic E-state index is 12.4. The summed E-state index contributed by atoms with van der Waals surface area (Å²) >= 11 is 0. The number of carbonyl (C=O) groups excluding carboxylic acids is 4. The average Bonchev–Trinajstić information content (AvgIpc) is 1.73. The number of rotatable bonds is 42. The minimum Gasteiger partial charge on any atom is 0 e. The van der Waals surface area contributed by atoms with Crippen LogP contribution in [0.4, 0.5) is 0 Å². The fourth-order valence-corrected chi connectivity index (χ4v) is 10.5. The number of unbranched alkanes of at least 4 members (excludes halogenated alkanes) is 3. The van der Waals surface area contributed by atoms with Gasteiger partial charge in [-0.1, -0.05) is 19.3 Å². The number of carbonyl (C=O) groups is 9. The Bertz CT molecular complexity index is 3810. The zero-order chi connectivity index (χ0) is 97.1. The molecule has 0 aromatic carbocycles. The van der Waals surface area contributed by atoms with Crippen LogP contribution in [0.2, 0.25) is 0 Å². The third kappa shape index (κ3) is 66.0. The summed E-state index contributed by atoms with van der Waals surface area (Å²) in [5.41, 5.74) is 14.5. The van der Waals surface area contributed by atoms with Crippen LogP contribution in [-0.4, -0.2) is 211 Å². The summed E-state index contributed by atoms with van der Waals surface area (Å²) in [6, 6.07) is -2.71. The van der Waals surface area contributed by atoms with E-state index in [2.05, 4.69) is 99.6 Å². The number of ether oxygens (including phenoxy) is 4. The van der Waals surface area contributed by atoms with E-state index in [0.29, 0.717) is 152 Å². The molecule has 3 atom stereocenters. The second-order valence-corrected chi connectivity index (χ2v) is 29.4. The molecule has 48 heteroatoms. The molecule has 0 amide bonds. The van der Waals surface area contributed by atoms with Crippen molar-refractivity contribution in [2.24, 2.45) is 17.2 Å². The molecular formula is C79H110N18O27Tc3. The van der Waals surface area contributed by atoms with Gasteiger partial charge in [0, 0.05) is 135 Å². The van der Waals surface area contributed by atoms with Crippen molar-refractivity contribution in [1.29, 1.82) is 0 Å². The molecule has 699 valence electrons. The molecule has 0 spiro atoms. The summed E-state index contributed by atoms with van der Waals surface area (Å²) in [5.74, 6) is -2.72. The minimum atomic E-state index is -1.04. The van der Waals surface area contributed by atoms with Gasteiger partial charge < -0.3 is 89.1 Å². The van der Waals surface area contributed by atoms with Crippen molar-refractivity contribution in [3.8, 4) is 0 Å². The normalized spacial score (nSPS) is 10.8. The molecule has 45 nitrogen and oxygen atoms in total. The van der Waals surface area contributed by atoms with Gasteiger partial charge in [0.2, 0.25) is 0 Å². The quantitative estimate of drug-likeness (QED) is 0.00875. The molecule has 0 bridgehead atoms. The number of carboxylic acid groups (broad SMARTS) is 5. The molecule has 0 aliphatic rings. The summed E-state index contributed by atoms with van der Waals surface area (Å²) in [4.78, 5) is 137. The number of hydrogen-bond donors (Lipinski definition) is 8. The fraction of sp³-hybridized carbons (Fsp3) is 0.544. The van der Waals surface area contributed by atoms with Crippen molar-refractivity contribution < 1.29 is 190 Å². The number of carboxylic acids is 5. The molecule has 11 N–H and O–H groups in total. The van der Waals surface area contributed by atoms with Crippen LogP contribution in [0.3, 0.4) is 0 Å². The maximum Gasteiger partial charge on any atom is 0 e. The van der Waals surface area contributed by atoms with Crippen molar-refractivity contribution in [3.63, 3.8) is 0 Å². The molecule has 6 aromatic rings. The van der Waals surface area contributed by atoms with Gasteiger partial charge in [0.1, 0.15) is 115 Å². The summed E-state index contributed by atoms with van der Waals surface area (Å²) in [6.45, 7) is 66.0. The smallest absolute Gasteiger partial charge is 0 e. The maximum atomic E-state index is 12.4. The Balaban J connectivity index is -0.000000214. The molecule has 0 unspecified atom stereocenters. The van der Waals surface area contributed by atoms with Gasteiger partial charge in [0.25, 0.3) is 0 Å². The third-order valence-corrected chi connectivity index (χ3v) is 15.2. The van der Waals surface area contributed by atoms with Crippen molar-refractivity contribution in [1.82, 2.24) is 72.0 Å². The van der Waals surface area contributed by atoms with E-state index >= 15 is 0 Å². The summed E-state index contributed by atoms with van der Waals surface area (Å²) in [7, 11) is 0. The number of esters is 4. The van der Waals surface area contributed by atoms with Crippen LogP contribution in [0.5, 0.6) is 0 Å². The predicted octanol–water partition coefficient (Wildman–Crippen LogP) is 4.18. The van der Waals surface area contributed by atoms with Crippen LogP contribution in [-0.2, 0) is 243 Å². The first-order chi connectivity index (χ1) is 58.5. The Morgan fingerprint density at radius 3 is 0.591 bits per heavy atom. The molecule has 0 saturated carbocycles. The van der Waals surface area contributed by atoms with Gasteiger partial charge in [-0.15, -0.1) is 0 Å². The Labute approximate surface area is 776 Å².